The van der Waals surface area contributed by atoms with Gasteiger partial charge in [-0.2, -0.15) is 34.3 Å². The maximum absolute atomic E-state index is 10.8. The Morgan fingerprint density at radius 1 is 0.756 bits per heavy atom. The van der Waals surface area contributed by atoms with Crippen LogP contribution in [0, 0.1) is 0 Å². The molecular formula is C25H16N7NaO7S. The summed E-state index contributed by atoms with van der Waals surface area (Å²) in [6.45, 7) is 0. The molecule has 3 aromatic carbocycles. The quantitative estimate of drug-likeness (QED) is 0.170. The van der Waals surface area contributed by atoms with E-state index in [2.05, 4.69) is 39.3 Å². The second-order valence-electron chi connectivity index (χ2n) is 7.86. The minimum Gasteiger partial charge on any atom is -0.691 e. The molecule has 0 bridgehead atoms. The predicted octanol–water partition coefficient (Wildman–Crippen LogP) is -0.337. The Labute approximate surface area is 258 Å². The van der Waals surface area contributed by atoms with Crippen LogP contribution in [-0.2, 0) is 9.37 Å². The predicted molar refractivity (Wildman–Crippen MR) is 142 cm³/mol. The van der Waals surface area contributed by atoms with E-state index in [4.69, 9.17) is 14.2 Å². The van der Waals surface area contributed by atoms with E-state index in [0.717, 1.165) is 0 Å². The van der Waals surface area contributed by atoms with E-state index in [0.29, 0.717) is 28.4 Å². The summed E-state index contributed by atoms with van der Waals surface area (Å²) in [5.41, 5.74) is 0.158. The van der Waals surface area contributed by atoms with Crippen LogP contribution in [0.1, 0.15) is 5.56 Å². The fraction of sp³-hybridized carbons (Fsp3) is 0.0400. The molecule has 0 fully saturated rings. The normalized spacial score (nSPS) is 15.1. The maximum Gasteiger partial charge on any atom is 1.00 e. The van der Waals surface area contributed by atoms with Crippen LogP contribution in [0.5, 0.6) is 23.0 Å². The molecule has 3 aliphatic heterocycles. The van der Waals surface area contributed by atoms with E-state index in [1.54, 1.807) is 48.5 Å². The van der Waals surface area contributed by atoms with Crippen molar-refractivity contribution in [1.82, 2.24) is 4.90 Å². The van der Waals surface area contributed by atoms with Gasteiger partial charge in [-0.15, -0.1) is 0 Å². The topological polar surface area (TPSA) is 167 Å². The van der Waals surface area contributed by atoms with E-state index in [9.17, 15) is 10.4 Å². The van der Waals surface area contributed by atoms with Crippen LogP contribution in [0.4, 0.5) is 0 Å². The van der Waals surface area contributed by atoms with Crippen LogP contribution < -0.4 is 49.0 Å². The van der Waals surface area contributed by atoms with Crippen molar-refractivity contribution in [1.29, 1.82) is 0 Å². The number of ether oxygens (including phenoxy) is 3. The number of amidine groups is 3. The van der Waals surface area contributed by atoms with E-state index in [-0.39, 0.29) is 82.4 Å². The Morgan fingerprint density at radius 2 is 1.32 bits per heavy atom. The van der Waals surface area contributed by atoms with Crippen LogP contribution in [0.3, 0.4) is 0 Å². The first-order valence-corrected chi connectivity index (χ1v) is 12.2. The summed E-state index contributed by atoms with van der Waals surface area (Å²) >= 11 is 0.582. The van der Waals surface area contributed by atoms with Gasteiger partial charge in [0.1, 0.15) is 23.0 Å². The van der Waals surface area contributed by atoms with Crippen molar-refractivity contribution in [3.8, 4) is 23.0 Å². The van der Waals surface area contributed by atoms with Crippen LogP contribution in [0.15, 0.2) is 108 Å². The van der Waals surface area contributed by atoms with E-state index in [1.807, 2.05) is 12.1 Å². The second-order valence-corrected chi connectivity index (χ2v) is 8.61. The molecule has 1 N–H and O–H groups in total. The first-order valence-electron chi connectivity index (χ1n) is 11.4. The molecule has 14 nitrogen and oxygen atoms in total. The molecule has 0 aliphatic carbocycles. The number of hydrogen-bond donors (Lipinski definition) is 1. The van der Waals surface area contributed by atoms with Gasteiger partial charge < -0.3 is 24.6 Å². The van der Waals surface area contributed by atoms with Gasteiger partial charge in [-0.3, -0.25) is 5.04 Å². The number of guanidine groups is 3. The molecule has 0 spiro atoms. The number of phenols is 1. The van der Waals surface area contributed by atoms with Crippen LogP contribution in [0.25, 0.3) is 0 Å². The van der Waals surface area contributed by atoms with Gasteiger partial charge in [0.05, 0.1) is 29.6 Å². The molecule has 0 radical (unpaired) electrons. The number of rotatable bonds is 7. The zero-order valence-corrected chi connectivity index (χ0v) is 24.2. The van der Waals surface area contributed by atoms with Crippen LogP contribution in [0.2, 0.25) is 0 Å². The van der Waals surface area contributed by atoms with Crippen molar-refractivity contribution < 1.29 is 63.5 Å². The van der Waals surface area contributed by atoms with E-state index < -0.39 is 0 Å². The summed E-state index contributed by atoms with van der Waals surface area (Å²) in [6, 6.07) is 20.6. The Kier molecular flexibility index (Phi) is 8.75. The first-order chi connectivity index (χ1) is 19.6. The molecule has 41 heavy (non-hydrogen) atoms. The van der Waals surface area contributed by atoms with Gasteiger partial charge in [0.2, 0.25) is 17.9 Å². The summed E-state index contributed by atoms with van der Waals surface area (Å²) in [7, 11) is 1.39. The number of hydrogen-bond acceptors (Lipinski definition) is 15. The number of methoxy groups -OCH3 is 1. The number of aromatic hydroxyl groups is 1. The molecule has 3 aliphatic rings. The van der Waals surface area contributed by atoms with Crippen molar-refractivity contribution in [3.05, 3.63) is 78.4 Å². The number of para-hydroxylation sites is 2. The molecule has 16 heteroatoms. The third kappa shape index (κ3) is 6.15. The van der Waals surface area contributed by atoms with Crippen molar-refractivity contribution >= 4 is 47.8 Å². The van der Waals surface area contributed by atoms with Crippen molar-refractivity contribution in [2.75, 3.05) is 7.11 Å². The molecule has 0 unspecified atom stereocenters. The van der Waals surface area contributed by atoms with E-state index >= 15 is 0 Å². The third-order valence-electron chi connectivity index (χ3n) is 5.37. The molecule has 0 atom stereocenters. The summed E-state index contributed by atoms with van der Waals surface area (Å²) < 4.78 is 21.4. The molecule has 6 rings (SSSR count). The summed E-state index contributed by atoms with van der Waals surface area (Å²) in [6.07, 6.45) is 0. The summed E-state index contributed by atoms with van der Waals surface area (Å²) in [5.74, 6) is 1.27. The maximum atomic E-state index is 10.8. The number of phenolic OH excluding ortho intramolecular Hbond substituents is 1. The average molecular weight is 582 g/mol. The molecule has 0 saturated carbocycles. The molecule has 0 amide bonds. The molecule has 3 heterocycles. The standard InChI is InChI=1S/C25H17N7O7S.Na/c1-35-18-13-17(33)16(12-19(18)40-39-38-34)20-26-21-28-24(36-14-8-4-2-5-9-14)30-23-31-25(29-22(27-20)32(21)23)37-15-10-6-3-7-11-15;/h2-13,33-34H,1H3;/q;+1/p-1. The third-order valence-corrected chi connectivity index (χ3v) is 6.00. The Bertz CT molecular complexity index is 1610. The fourth-order valence-corrected chi connectivity index (χ4v) is 4.14. The fourth-order valence-electron chi connectivity index (χ4n) is 3.65. The first kappa shape index (κ1) is 28.4. The zero-order chi connectivity index (χ0) is 27.5. The van der Waals surface area contributed by atoms with Gasteiger partial charge in [-0.25, -0.2) is 4.90 Å². The van der Waals surface area contributed by atoms with Gasteiger partial charge in [0.25, 0.3) is 0 Å². The van der Waals surface area contributed by atoms with Crippen molar-refractivity contribution in [3.63, 3.8) is 0 Å². The molecule has 200 valence electrons. The van der Waals surface area contributed by atoms with Crippen molar-refractivity contribution in [2.45, 2.75) is 4.90 Å². The Morgan fingerprint density at radius 3 is 1.88 bits per heavy atom. The van der Waals surface area contributed by atoms with Crippen LogP contribution >= 0.6 is 12.0 Å². The smallest absolute Gasteiger partial charge is 0.691 e. The van der Waals surface area contributed by atoms with Gasteiger partial charge in [-0.05, 0) is 30.3 Å². The van der Waals surface area contributed by atoms with Gasteiger partial charge in [0.15, 0.2) is 5.84 Å². The molecule has 0 aromatic heterocycles. The SMILES string of the molecule is COc1cc(O)c(C2=NC3=NC(Oc4ccccc4)=NC4=NC(Oc5ccccc5)=NC(=N2)N43)cc1SOO[O-].[Na+]. The van der Waals surface area contributed by atoms with Gasteiger partial charge in [-0.1, -0.05) is 36.4 Å². The minimum absolute atomic E-state index is 0. The monoisotopic (exact) mass is 581 g/mol. The minimum atomic E-state index is -0.221. The average Bonchev–Trinajstić information content (AvgIpc) is 2.97. The molecule has 3 aromatic rings. The Balaban J connectivity index is 0.00000337. The largest absolute Gasteiger partial charge is 1.00 e. The zero-order valence-electron chi connectivity index (χ0n) is 21.4. The number of aliphatic imine (C=N–C) groups is 6. The molecule has 0 saturated heterocycles. The summed E-state index contributed by atoms with van der Waals surface area (Å²) in [4.78, 5) is 28.4. The number of benzene rings is 3. The summed E-state index contributed by atoms with van der Waals surface area (Å²) in [5, 5.41) is 24.6. The van der Waals surface area contributed by atoms with E-state index in [1.165, 1.54) is 24.1 Å². The van der Waals surface area contributed by atoms with Gasteiger partial charge >= 0.3 is 41.6 Å². The van der Waals surface area contributed by atoms with Gasteiger partial charge in [0, 0.05) is 6.07 Å². The second kappa shape index (κ2) is 12.6. The molecular weight excluding hydrogens is 565 g/mol. The Hall–Kier alpha value is -4.09. The van der Waals surface area contributed by atoms with Crippen LogP contribution in [-0.4, -0.2) is 52.9 Å². The number of nitrogens with zero attached hydrogens (tertiary/aromatic N) is 7. The van der Waals surface area contributed by atoms with Crippen molar-refractivity contribution in [2.24, 2.45) is 30.0 Å².